The molecule has 1 aromatic carbocycles. The van der Waals surface area contributed by atoms with Crippen LogP contribution in [0, 0.1) is 11.7 Å². The minimum absolute atomic E-state index is 0.0546. The lowest BCUT2D eigenvalue weighted by Gasteiger charge is -2.37. The lowest BCUT2D eigenvalue weighted by molar-refractivity contribution is 0.147. The highest BCUT2D eigenvalue weighted by Gasteiger charge is 2.32. The standard InChI is InChI=1S/C17H19FN4OS/c1-11-5-4-8-21(9-11)14(12-6-2-3-7-13(12)18)15-16(23)22-17(24-15)19-10-20-22/h2-3,6-7,10-11,14,23H,4-5,8-9H2,1H3. The van der Waals surface area contributed by atoms with Crippen LogP contribution in [0.15, 0.2) is 30.6 Å². The van der Waals surface area contributed by atoms with Gasteiger partial charge < -0.3 is 5.11 Å². The van der Waals surface area contributed by atoms with Gasteiger partial charge in [-0.3, -0.25) is 4.90 Å². The predicted octanol–water partition coefficient (Wildman–Crippen LogP) is 3.46. The Morgan fingerprint density at radius 1 is 1.38 bits per heavy atom. The summed E-state index contributed by atoms with van der Waals surface area (Å²) in [4.78, 5) is 7.74. The first-order valence-corrected chi connectivity index (χ1v) is 8.96. The summed E-state index contributed by atoms with van der Waals surface area (Å²) in [5, 5.41) is 14.7. The summed E-state index contributed by atoms with van der Waals surface area (Å²) in [6, 6.07) is 6.49. The van der Waals surface area contributed by atoms with Crippen LogP contribution >= 0.6 is 11.3 Å². The van der Waals surface area contributed by atoms with E-state index >= 15 is 0 Å². The molecule has 1 aliphatic rings. The molecule has 1 saturated heterocycles. The molecular weight excluding hydrogens is 327 g/mol. The first kappa shape index (κ1) is 15.5. The van der Waals surface area contributed by atoms with Crippen molar-refractivity contribution in [3.05, 3.63) is 46.9 Å². The SMILES string of the molecule is CC1CCCN(C(c2ccccc2F)c2sc3ncnn3c2O)C1. The lowest BCUT2D eigenvalue weighted by Crippen LogP contribution is -2.38. The number of rotatable bonds is 3. The molecule has 0 bridgehead atoms. The fourth-order valence-electron chi connectivity index (χ4n) is 3.53. The van der Waals surface area contributed by atoms with Crippen molar-refractivity contribution in [1.29, 1.82) is 0 Å². The van der Waals surface area contributed by atoms with Crippen LogP contribution in [0.4, 0.5) is 4.39 Å². The summed E-state index contributed by atoms with van der Waals surface area (Å²) in [7, 11) is 0. The molecule has 1 aliphatic heterocycles. The van der Waals surface area contributed by atoms with E-state index < -0.39 is 0 Å². The summed E-state index contributed by atoms with van der Waals surface area (Å²) in [5.41, 5.74) is 0.589. The molecule has 0 aliphatic carbocycles. The smallest absolute Gasteiger partial charge is 0.230 e. The van der Waals surface area contributed by atoms with Gasteiger partial charge in [-0.05, 0) is 31.4 Å². The Bertz CT molecular complexity index is 861. The molecule has 126 valence electrons. The number of hydrogen-bond acceptors (Lipinski definition) is 5. The minimum Gasteiger partial charge on any atom is -0.492 e. The van der Waals surface area contributed by atoms with Crippen LogP contribution in [0.25, 0.3) is 4.96 Å². The van der Waals surface area contributed by atoms with Crippen LogP contribution in [0.3, 0.4) is 0 Å². The second-order valence-corrected chi connectivity index (χ2v) is 7.42. The van der Waals surface area contributed by atoms with Crippen molar-refractivity contribution >= 4 is 16.3 Å². The van der Waals surface area contributed by atoms with Gasteiger partial charge in [0.15, 0.2) is 0 Å². The first-order valence-electron chi connectivity index (χ1n) is 8.15. The maximum atomic E-state index is 14.5. The number of piperidine rings is 1. The third-order valence-corrected chi connectivity index (χ3v) is 5.73. The van der Waals surface area contributed by atoms with Crippen molar-refractivity contribution in [1.82, 2.24) is 19.5 Å². The minimum atomic E-state index is -0.317. The molecule has 3 aromatic rings. The molecule has 0 radical (unpaired) electrons. The van der Waals surface area contributed by atoms with Gasteiger partial charge in [-0.15, -0.1) is 0 Å². The van der Waals surface area contributed by atoms with Gasteiger partial charge in [-0.25, -0.2) is 9.37 Å². The monoisotopic (exact) mass is 346 g/mol. The van der Waals surface area contributed by atoms with Crippen molar-refractivity contribution in [2.45, 2.75) is 25.8 Å². The molecular formula is C17H19FN4OS. The molecule has 7 heteroatoms. The molecule has 1 fully saturated rings. The van der Waals surface area contributed by atoms with E-state index in [1.807, 2.05) is 6.07 Å². The number of halogens is 1. The van der Waals surface area contributed by atoms with Gasteiger partial charge in [0.2, 0.25) is 10.8 Å². The average Bonchev–Trinajstić information content (AvgIpc) is 3.14. The highest BCUT2D eigenvalue weighted by molar-refractivity contribution is 7.17. The Balaban J connectivity index is 1.85. The summed E-state index contributed by atoms with van der Waals surface area (Å²) in [5.74, 6) is 0.357. The van der Waals surface area contributed by atoms with Gasteiger partial charge in [-0.1, -0.05) is 36.5 Å². The van der Waals surface area contributed by atoms with Crippen LogP contribution < -0.4 is 0 Å². The number of aromatic nitrogens is 3. The number of aromatic hydroxyl groups is 1. The third-order valence-electron chi connectivity index (χ3n) is 4.64. The van der Waals surface area contributed by atoms with E-state index in [-0.39, 0.29) is 17.7 Å². The second kappa shape index (κ2) is 6.14. The molecule has 4 rings (SSSR count). The molecule has 2 unspecified atom stereocenters. The topological polar surface area (TPSA) is 53.7 Å². The van der Waals surface area contributed by atoms with Crippen molar-refractivity contribution in [3.63, 3.8) is 0 Å². The molecule has 3 heterocycles. The van der Waals surface area contributed by atoms with E-state index in [9.17, 15) is 9.50 Å². The molecule has 2 aromatic heterocycles. The fourth-order valence-corrected chi connectivity index (χ4v) is 4.62. The van der Waals surface area contributed by atoms with Gasteiger partial charge in [-0.2, -0.15) is 9.61 Å². The van der Waals surface area contributed by atoms with Crippen molar-refractivity contribution in [3.8, 4) is 5.88 Å². The zero-order valence-electron chi connectivity index (χ0n) is 13.4. The largest absolute Gasteiger partial charge is 0.492 e. The molecule has 0 amide bonds. The number of hydrogen-bond donors (Lipinski definition) is 1. The van der Waals surface area contributed by atoms with E-state index in [4.69, 9.17) is 0 Å². The Kier molecular flexibility index (Phi) is 3.97. The fraction of sp³-hybridized carbons (Fsp3) is 0.412. The van der Waals surface area contributed by atoms with E-state index in [1.54, 1.807) is 12.1 Å². The summed E-state index contributed by atoms with van der Waals surface area (Å²) < 4.78 is 16.0. The maximum Gasteiger partial charge on any atom is 0.230 e. The maximum absolute atomic E-state index is 14.5. The van der Waals surface area contributed by atoms with Gasteiger partial charge >= 0.3 is 0 Å². The summed E-state index contributed by atoms with van der Waals surface area (Å²) in [6.07, 6.45) is 3.67. The average molecular weight is 346 g/mol. The van der Waals surface area contributed by atoms with Gasteiger partial charge in [0.25, 0.3) is 0 Å². The molecule has 2 atom stereocenters. The predicted molar refractivity (Wildman–Crippen MR) is 90.7 cm³/mol. The number of benzene rings is 1. The summed E-state index contributed by atoms with van der Waals surface area (Å²) >= 11 is 1.37. The number of thiazole rings is 1. The molecule has 24 heavy (non-hydrogen) atoms. The Labute approximate surface area is 143 Å². The Morgan fingerprint density at radius 2 is 2.21 bits per heavy atom. The van der Waals surface area contributed by atoms with Gasteiger partial charge in [0.1, 0.15) is 12.1 Å². The zero-order chi connectivity index (χ0) is 16.7. The van der Waals surface area contributed by atoms with Crippen LogP contribution in [0.2, 0.25) is 0 Å². The molecule has 5 nitrogen and oxygen atoms in total. The van der Waals surface area contributed by atoms with Crippen LogP contribution in [0.1, 0.15) is 36.2 Å². The van der Waals surface area contributed by atoms with Crippen molar-refractivity contribution < 1.29 is 9.50 Å². The number of likely N-dealkylation sites (tertiary alicyclic amines) is 1. The van der Waals surface area contributed by atoms with Crippen molar-refractivity contribution in [2.24, 2.45) is 5.92 Å². The van der Waals surface area contributed by atoms with Crippen LogP contribution in [-0.4, -0.2) is 37.7 Å². The van der Waals surface area contributed by atoms with E-state index in [0.29, 0.717) is 21.3 Å². The normalized spacial score (nSPS) is 20.5. The Morgan fingerprint density at radius 3 is 2.96 bits per heavy atom. The highest BCUT2D eigenvalue weighted by atomic mass is 32.1. The van der Waals surface area contributed by atoms with Gasteiger partial charge in [0, 0.05) is 12.1 Å². The van der Waals surface area contributed by atoms with E-state index in [1.165, 1.54) is 34.7 Å². The van der Waals surface area contributed by atoms with E-state index in [0.717, 1.165) is 19.5 Å². The number of nitrogens with zero attached hydrogens (tertiary/aromatic N) is 4. The van der Waals surface area contributed by atoms with Crippen LogP contribution in [-0.2, 0) is 0 Å². The highest BCUT2D eigenvalue weighted by Crippen LogP contribution is 2.41. The molecule has 0 saturated carbocycles. The Hall–Kier alpha value is -1.99. The van der Waals surface area contributed by atoms with Crippen LogP contribution in [0.5, 0.6) is 5.88 Å². The van der Waals surface area contributed by atoms with E-state index in [2.05, 4.69) is 21.9 Å². The molecule has 0 spiro atoms. The lowest BCUT2D eigenvalue weighted by atomic mass is 9.95. The van der Waals surface area contributed by atoms with Crippen molar-refractivity contribution in [2.75, 3.05) is 13.1 Å². The zero-order valence-corrected chi connectivity index (χ0v) is 14.2. The quantitative estimate of drug-likeness (QED) is 0.789. The third kappa shape index (κ3) is 2.57. The molecule has 1 N–H and O–H groups in total. The summed E-state index contributed by atoms with van der Waals surface area (Å²) in [6.45, 7) is 3.98. The first-order chi connectivity index (χ1) is 11.6. The van der Waals surface area contributed by atoms with Gasteiger partial charge in [0.05, 0.1) is 10.9 Å². The number of fused-ring (bicyclic) bond motifs is 1. The second-order valence-electron chi connectivity index (χ2n) is 6.41.